The summed E-state index contributed by atoms with van der Waals surface area (Å²) in [6.07, 6.45) is 0.375. The third-order valence-electron chi connectivity index (χ3n) is 0.601. The van der Waals surface area contributed by atoms with Crippen molar-refractivity contribution in [1.29, 1.82) is 0 Å². The Hall–Kier alpha value is -0.0851. The molecule has 0 radical (unpaired) electrons. The third kappa shape index (κ3) is 0.696. The Morgan fingerprint density at radius 2 is 2.50 bits per heavy atom. The molecule has 0 aliphatic carbocycles. The highest BCUT2D eigenvalue weighted by Gasteiger charge is 2.22. The van der Waals surface area contributed by atoms with Crippen LogP contribution in [0.15, 0.2) is 0 Å². The van der Waals surface area contributed by atoms with Gasteiger partial charge in [0.15, 0.2) is 0 Å². The van der Waals surface area contributed by atoms with Gasteiger partial charge in [-0.1, -0.05) is 0 Å². The minimum absolute atomic E-state index is 0.375. The van der Waals surface area contributed by atoms with Gasteiger partial charge in [0.2, 0.25) is 0 Å². The largest absolute Gasteiger partial charge is 0.532 e. The number of halogens is 1. The summed E-state index contributed by atoms with van der Waals surface area (Å²) in [5, 5.41) is 0. The molecule has 0 atom stereocenters. The first-order valence-corrected chi connectivity index (χ1v) is 1.82. The van der Waals surface area contributed by atoms with Crippen molar-refractivity contribution in [2.24, 2.45) is 0 Å². The summed E-state index contributed by atoms with van der Waals surface area (Å²) in [6.45, 7) is 0.390. The van der Waals surface area contributed by atoms with E-state index in [1.807, 2.05) is 0 Å². The summed E-state index contributed by atoms with van der Waals surface area (Å²) in [4.78, 5) is 8.17. The highest BCUT2D eigenvalue weighted by Crippen LogP contribution is 2.04. The molecular weight excluding hydrogens is 85.8 g/mol. The SMILES string of the molecule is FB1CCOO1. The molecule has 0 unspecified atom stereocenters. The van der Waals surface area contributed by atoms with Crippen LogP contribution in [-0.4, -0.2) is 13.8 Å². The van der Waals surface area contributed by atoms with E-state index in [4.69, 9.17) is 0 Å². The van der Waals surface area contributed by atoms with E-state index in [0.717, 1.165) is 0 Å². The molecule has 0 aromatic carbocycles. The Morgan fingerprint density at radius 1 is 1.67 bits per heavy atom. The van der Waals surface area contributed by atoms with E-state index >= 15 is 0 Å². The van der Waals surface area contributed by atoms with Crippen LogP contribution in [0.3, 0.4) is 0 Å². The minimum Gasteiger partial charge on any atom is -0.289 e. The number of hydrogen-bond acceptors (Lipinski definition) is 2. The van der Waals surface area contributed by atoms with Gasteiger partial charge in [0.1, 0.15) is 0 Å². The molecule has 2 nitrogen and oxygen atoms in total. The Labute approximate surface area is 35.3 Å². The lowest BCUT2D eigenvalue weighted by Crippen LogP contribution is -1.98. The second kappa shape index (κ2) is 1.58. The number of rotatable bonds is 0. The highest BCUT2D eigenvalue weighted by atomic mass is 19.1. The molecule has 1 heterocycles. The van der Waals surface area contributed by atoms with Gasteiger partial charge in [-0.15, -0.1) is 0 Å². The molecule has 1 saturated heterocycles. The zero-order chi connectivity index (χ0) is 4.41. The van der Waals surface area contributed by atoms with E-state index in [9.17, 15) is 4.32 Å². The molecule has 6 heavy (non-hydrogen) atoms. The van der Waals surface area contributed by atoms with Gasteiger partial charge in [-0.3, -0.25) is 9.12 Å². The first-order valence-electron chi connectivity index (χ1n) is 1.82. The standard InChI is InChI=1S/C2H4BFO2/c4-3-1-2-5-6-3/h1-2H2. The van der Waals surface area contributed by atoms with Gasteiger partial charge in [-0.05, 0) is 0 Å². The van der Waals surface area contributed by atoms with E-state index < -0.39 is 7.19 Å². The van der Waals surface area contributed by atoms with Crippen LogP contribution in [-0.2, 0) is 9.69 Å². The minimum atomic E-state index is -1.18. The molecule has 1 rings (SSSR count). The predicted molar refractivity (Wildman–Crippen MR) is 18.7 cm³/mol. The molecule has 0 amide bonds. The maximum atomic E-state index is 11.6. The Balaban J connectivity index is 2.18. The van der Waals surface area contributed by atoms with Crippen molar-refractivity contribution in [3.63, 3.8) is 0 Å². The number of hydrogen-bond donors (Lipinski definition) is 0. The van der Waals surface area contributed by atoms with Crippen molar-refractivity contribution >= 4 is 7.19 Å². The molecule has 0 saturated carbocycles. The van der Waals surface area contributed by atoms with Crippen LogP contribution < -0.4 is 0 Å². The summed E-state index contributed by atoms with van der Waals surface area (Å²) in [5.74, 6) is 0. The van der Waals surface area contributed by atoms with E-state index in [2.05, 4.69) is 9.69 Å². The molecule has 34 valence electrons. The van der Waals surface area contributed by atoms with Crippen LogP contribution >= 0.6 is 0 Å². The Morgan fingerprint density at radius 3 is 2.67 bits per heavy atom. The summed E-state index contributed by atoms with van der Waals surface area (Å²) in [7, 11) is -1.18. The fourth-order valence-corrected chi connectivity index (χ4v) is 0.311. The van der Waals surface area contributed by atoms with E-state index in [1.165, 1.54) is 0 Å². The smallest absolute Gasteiger partial charge is 0.289 e. The van der Waals surface area contributed by atoms with Crippen LogP contribution in [0.4, 0.5) is 4.32 Å². The Kier molecular flexibility index (Phi) is 1.07. The van der Waals surface area contributed by atoms with Gasteiger partial charge >= 0.3 is 7.19 Å². The topological polar surface area (TPSA) is 18.5 Å². The van der Waals surface area contributed by atoms with Crippen LogP contribution in [0.25, 0.3) is 0 Å². The van der Waals surface area contributed by atoms with E-state index in [0.29, 0.717) is 12.9 Å². The van der Waals surface area contributed by atoms with Crippen LogP contribution in [0.5, 0.6) is 0 Å². The average molecular weight is 89.9 g/mol. The van der Waals surface area contributed by atoms with E-state index in [1.54, 1.807) is 0 Å². The summed E-state index contributed by atoms with van der Waals surface area (Å²) >= 11 is 0. The Bertz CT molecular complexity index is 44.8. The first-order chi connectivity index (χ1) is 2.89. The summed E-state index contributed by atoms with van der Waals surface area (Å²) in [6, 6.07) is 0. The maximum absolute atomic E-state index is 11.6. The van der Waals surface area contributed by atoms with Crippen molar-refractivity contribution in [1.82, 2.24) is 0 Å². The van der Waals surface area contributed by atoms with Crippen LogP contribution in [0.2, 0.25) is 6.32 Å². The normalized spacial score (nSPS) is 22.5. The fourth-order valence-electron chi connectivity index (χ4n) is 0.311. The van der Waals surface area contributed by atoms with Crippen LogP contribution in [0, 0.1) is 0 Å². The molecule has 4 heteroatoms. The van der Waals surface area contributed by atoms with Crippen molar-refractivity contribution in [3.8, 4) is 0 Å². The first kappa shape index (κ1) is 4.08. The third-order valence-corrected chi connectivity index (χ3v) is 0.601. The molecule has 0 aromatic heterocycles. The monoisotopic (exact) mass is 90.0 g/mol. The van der Waals surface area contributed by atoms with Crippen molar-refractivity contribution < 1.29 is 14.0 Å². The van der Waals surface area contributed by atoms with Crippen molar-refractivity contribution in [2.75, 3.05) is 6.61 Å². The van der Waals surface area contributed by atoms with Gasteiger partial charge in [-0.2, -0.15) is 0 Å². The van der Waals surface area contributed by atoms with Crippen molar-refractivity contribution in [3.05, 3.63) is 0 Å². The predicted octanol–water partition coefficient (Wildman–Crippen LogP) is 0.406. The quantitative estimate of drug-likeness (QED) is 0.316. The van der Waals surface area contributed by atoms with Gasteiger partial charge in [0, 0.05) is 6.32 Å². The molecule has 0 N–H and O–H groups in total. The van der Waals surface area contributed by atoms with Crippen molar-refractivity contribution in [2.45, 2.75) is 6.32 Å². The highest BCUT2D eigenvalue weighted by molar-refractivity contribution is 6.43. The molecular formula is C2H4BFO2. The molecule has 1 aliphatic rings. The van der Waals surface area contributed by atoms with E-state index in [-0.39, 0.29) is 0 Å². The van der Waals surface area contributed by atoms with Crippen LogP contribution in [0.1, 0.15) is 0 Å². The lowest BCUT2D eigenvalue weighted by atomic mass is 9.92. The molecule has 1 fully saturated rings. The second-order valence-corrected chi connectivity index (χ2v) is 1.12. The van der Waals surface area contributed by atoms with Gasteiger partial charge in [-0.25, -0.2) is 4.89 Å². The molecule has 0 spiro atoms. The van der Waals surface area contributed by atoms with Gasteiger partial charge < -0.3 is 0 Å². The fraction of sp³-hybridized carbons (Fsp3) is 1.00. The maximum Gasteiger partial charge on any atom is 0.532 e. The zero-order valence-corrected chi connectivity index (χ0v) is 3.19. The van der Waals surface area contributed by atoms with Gasteiger partial charge in [0.25, 0.3) is 0 Å². The summed E-state index contributed by atoms with van der Waals surface area (Å²) in [5.41, 5.74) is 0. The molecule has 0 bridgehead atoms. The summed E-state index contributed by atoms with van der Waals surface area (Å²) < 4.78 is 11.6. The molecule has 0 aromatic rings. The molecule has 1 aliphatic heterocycles. The lowest BCUT2D eigenvalue weighted by Gasteiger charge is -1.82. The lowest BCUT2D eigenvalue weighted by molar-refractivity contribution is -0.190. The zero-order valence-electron chi connectivity index (χ0n) is 3.19. The average Bonchev–Trinajstić information content (AvgIpc) is 1.86. The van der Waals surface area contributed by atoms with Gasteiger partial charge in [0.05, 0.1) is 6.61 Å². The second-order valence-electron chi connectivity index (χ2n) is 1.12.